The lowest BCUT2D eigenvalue weighted by atomic mass is 10.2. The van der Waals surface area contributed by atoms with E-state index in [4.69, 9.17) is 0 Å². The summed E-state index contributed by atoms with van der Waals surface area (Å²) in [6.45, 7) is 0.769. The van der Waals surface area contributed by atoms with E-state index in [1.54, 1.807) is 0 Å². The number of hydrogen-bond acceptors (Lipinski definition) is 2. The van der Waals surface area contributed by atoms with E-state index in [1.165, 1.54) is 5.56 Å². The first-order valence-electron chi connectivity index (χ1n) is 6.79. The van der Waals surface area contributed by atoms with Crippen molar-refractivity contribution >= 4 is 21.9 Å². The van der Waals surface area contributed by atoms with Crippen LogP contribution in [-0.2, 0) is 13.6 Å². The van der Waals surface area contributed by atoms with E-state index in [2.05, 4.69) is 55.1 Å². The molecule has 106 valence electrons. The summed E-state index contributed by atoms with van der Waals surface area (Å²) < 4.78 is 3.16. The van der Waals surface area contributed by atoms with Crippen molar-refractivity contribution in [2.24, 2.45) is 7.05 Å². The van der Waals surface area contributed by atoms with Crippen LogP contribution in [0.15, 0.2) is 65.3 Å². The average Bonchev–Trinajstić information content (AvgIpc) is 2.88. The number of rotatable bonds is 4. The maximum atomic E-state index is 4.47. The van der Waals surface area contributed by atoms with Gasteiger partial charge in [-0.1, -0.05) is 58.4 Å². The minimum atomic E-state index is 0.769. The van der Waals surface area contributed by atoms with Crippen molar-refractivity contribution in [2.75, 3.05) is 5.32 Å². The van der Waals surface area contributed by atoms with E-state index in [-0.39, 0.29) is 0 Å². The largest absolute Gasteiger partial charge is 0.352 e. The lowest BCUT2D eigenvalue weighted by Crippen LogP contribution is -2.05. The van der Waals surface area contributed by atoms with Gasteiger partial charge in [0.15, 0.2) is 0 Å². The molecule has 0 saturated carbocycles. The third-order valence-corrected chi connectivity index (χ3v) is 3.95. The Labute approximate surface area is 132 Å². The first-order chi connectivity index (χ1) is 10.2. The molecule has 0 bridgehead atoms. The van der Waals surface area contributed by atoms with Gasteiger partial charge in [-0.15, -0.1) is 0 Å². The standard InChI is InChI=1S/C17H16BrN3/c1-21-16(14-7-9-15(18)10-8-14)12-20-17(21)19-11-13-5-3-2-4-6-13/h2-10,12H,11H2,1H3,(H,19,20). The molecule has 0 spiro atoms. The molecule has 0 aliphatic carbocycles. The van der Waals surface area contributed by atoms with Crippen LogP contribution in [-0.4, -0.2) is 9.55 Å². The van der Waals surface area contributed by atoms with Crippen LogP contribution in [0.1, 0.15) is 5.56 Å². The number of hydrogen-bond donors (Lipinski definition) is 1. The smallest absolute Gasteiger partial charge is 0.203 e. The zero-order chi connectivity index (χ0) is 14.7. The van der Waals surface area contributed by atoms with E-state index >= 15 is 0 Å². The highest BCUT2D eigenvalue weighted by Gasteiger charge is 2.08. The van der Waals surface area contributed by atoms with Crippen molar-refractivity contribution in [3.8, 4) is 11.3 Å². The Bertz CT molecular complexity index is 718. The van der Waals surface area contributed by atoms with Gasteiger partial charge >= 0.3 is 0 Å². The molecule has 0 amide bonds. The third-order valence-electron chi connectivity index (χ3n) is 3.42. The summed E-state index contributed by atoms with van der Waals surface area (Å²) in [7, 11) is 2.03. The zero-order valence-corrected chi connectivity index (χ0v) is 13.3. The monoisotopic (exact) mass is 341 g/mol. The van der Waals surface area contributed by atoms with Gasteiger partial charge in [0.25, 0.3) is 0 Å². The number of imidazole rings is 1. The molecule has 0 fully saturated rings. The van der Waals surface area contributed by atoms with Crippen molar-refractivity contribution in [1.82, 2.24) is 9.55 Å². The van der Waals surface area contributed by atoms with Gasteiger partial charge in [-0.2, -0.15) is 0 Å². The molecule has 1 aromatic heterocycles. The molecule has 0 unspecified atom stereocenters. The van der Waals surface area contributed by atoms with Gasteiger partial charge in [0, 0.05) is 18.1 Å². The van der Waals surface area contributed by atoms with Crippen LogP contribution in [0.3, 0.4) is 0 Å². The van der Waals surface area contributed by atoms with Crippen LogP contribution >= 0.6 is 15.9 Å². The predicted octanol–water partition coefficient (Wildman–Crippen LogP) is 4.46. The van der Waals surface area contributed by atoms with Gasteiger partial charge in [0.1, 0.15) is 0 Å². The normalized spacial score (nSPS) is 10.6. The van der Waals surface area contributed by atoms with Crippen LogP contribution in [0.25, 0.3) is 11.3 Å². The Morgan fingerprint density at radius 1 is 1.05 bits per heavy atom. The number of halogens is 1. The Morgan fingerprint density at radius 2 is 1.76 bits per heavy atom. The number of aromatic nitrogens is 2. The fourth-order valence-electron chi connectivity index (χ4n) is 2.24. The lowest BCUT2D eigenvalue weighted by Gasteiger charge is -2.08. The second-order valence-corrected chi connectivity index (χ2v) is 5.79. The van der Waals surface area contributed by atoms with Crippen molar-refractivity contribution in [3.05, 3.63) is 70.8 Å². The Hall–Kier alpha value is -2.07. The van der Waals surface area contributed by atoms with E-state index in [9.17, 15) is 0 Å². The topological polar surface area (TPSA) is 29.9 Å². The quantitative estimate of drug-likeness (QED) is 0.759. The molecule has 4 heteroatoms. The zero-order valence-electron chi connectivity index (χ0n) is 11.8. The predicted molar refractivity (Wildman–Crippen MR) is 90.1 cm³/mol. The maximum Gasteiger partial charge on any atom is 0.203 e. The number of nitrogens with zero attached hydrogens (tertiary/aromatic N) is 2. The van der Waals surface area contributed by atoms with Gasteiger partial charge in [0.2, 0.25) is 5.95 Å². The fourth-order valence-corrected chi connectivity index (χ4v) is 2.50. The van der Waals surface area contributed by atoms with Crippen molar-refractivity contribution in [2.45, 2.75) is 6.54 Å². The average molecular weight is 342 g/mol. The molecule has 0 radical (unpaired) electrons. The number of benzene rings is 2. The first kappa shape index (κ1) is 13.9. The Morgan fingerprint density at radius 3 is 2.48 bits per heavy atom. The minimum absolute atomic E-state index is 0.769. The molecule has 1 heterocycles. The van der Waals surface area contributed by atoms with Crippen LogP contribution in [0.2, 0.25) is 0 Å². The molecular formula is C17H16BrN3. The molecule has 3 rings (SSSR count). The van der Waals surface area contributed by atoms with Crippen LogP contribution in [0.4, 0.5) is 5.95 Å². The molecule has 0 aliphatic heterocycles. The van der Waals surface area contributed by atoms with Crippen molar-refractivity contribution in [3.63, 3.8) is 0 Å². The number of nitrogens with one attached hydrogen (secondary N) is 1. The summed E-state index contributed by atoms with van der Waals surface area (Å²) in [5, 5.41) is 3.37. The second kappa shape index (κ2) is 6.14. The molecule has 3 nitrogen and oxygen atoms in total. The van der Waals surface area contributed by atoms with E-state index in [0.29, 0.717) is 0 Å². The molecule has 21 heavy (non-hydrogen) atoms. The Balaban J connectivity index is 1.78. The van der Waals surface area contributed by atoms with Gasteiger partial charge < -0.3 is 9.88 Å². The van der Waals surface area contributed by atoms with Gasteiger partial charge in [-0.25, -0.2) is 4.98 Å². The molecule has 3 aromatic rings. The molecule has 0 saturated heterocycles. The first-order valence-corrected chi connectivity index (χ1v) is 7.59. The molecule has 0 aliphatic rings. The maximum absolute atomic E-state index is 4.47. The number of anilines is 1. The highest BCUT2D eigenvalue weighted by Crippen LogP contribution is 2.23. The lowest BCUT2D eigenvalue weighted by molar-refractivity contribution is 0.907. The summed E-state index contributed by atoms with van der Waals surface area (Å²) in [6, 6.07) is 18.6. The highest BCUT2D eigenvalue weighted by molar-refractivity contribution is 9.10. The Kier molecular flexibility index (Phi) is 4.06. The van der Waals surface area contributed by atoms with Gasteiger partial charge in [-0.3, -0.25) is 0 Å². The third kappa shape index (κ3) is 3.16. The van der Waals surface area contributed by atoms with Gasteiger partial charge in [-0.05, 0) is 23.3 Å². The van der Waals surface area contributed by atoms with Crippen molar-refractivity contribution < 1.29 is 0 Å². The van der Waals surface area contributed by atoms with E-state index in [1.807, 2.05) is 43.6 Å². The summed E-state index contributed by atoms with van der Waals surface area (Å²) in [5.41, 5.74) is 3.49. The SMILES string of the molecule is Cn1c(-c2ccc(Br)cc2)cnc1NCc1ccccc1. The molecule has 1 N–H and O–H groups in total. The summed E-state index contributed by atoms with van der Waals surface area (Å²) >= 11 is 3.46. The summed E-state index contributed by atoms with van der Waals surface area (Å²) in [6.07, 6.45) is 1.90. The van der Waals surface area contributed by atoms with Crippen LogP contribution in [0, 0.1) is 0 Å². The molecular weight excluding hydrogens is 326 g/mol. The second-order valence-electron chi connectivity index (χ2n) is 4.87. The van der Waals surface area contributed by atoms with Crippen molar-refractivity contribution in [1.29, 1.82) is 0 Å². The fraction of sp³-hybridized carbons (Fsp3) is 0.118. The van der Waals surface area contributed by atoms with Crippen LogP contribution < -0.4 is 5.32 Å². The van der Waals surface area contributed by atoms with E-state index < -0.39 is 0 Å². The molecule has 0 atom stereocenters. The van der Waals surface area contributed by atoms with Gasteiger partial charge in [0.05, 0.1) is 11.9 Å². The summed E-state index contributed by atoms with van der Waals surface area (Å²) in [5.74, 6) is 0.872. The minimum Gasteiger partial charge on any atom is -0.352 e. The van der Waals surface area contributed by atoms with Crippen LogP contribution in [0.5, 0.6) is 0 Å². The van der Waals surface area contributed by atoms with E-state index in [0.717, 1.165) is 28.2 Å². The molecule has 2 aromatic carbocycles. The summed E-state index contributed by atoms with van der Waals surface area (Å²) in [4.78, 5) is 4.47. The highest BCUT2D eigenvalue weighted by atomic mass is 79.9.